The molecule has 41 heavy (non-hydrogen) atoms. The summed E-state index contributed by atoms with van der Waals surface area (Å²) in [5.41, 5.74) is -3.74. The van der Waals surface area contributed by atoms with E-state index in [1.807, 2.05) is 6.92 Å². The van der Waals surface area contributed by atoms with E-state index in [2.05, 4.69) is 46.5 Å². The first-order valence-electron chi connectivity index (χ1n) is 15.8. The van der Waals surface area contributed by atoms with E-state index in [1.54, 1.807) is 0 Å². The summed E-state index contributed by atoms with van der Waals surface area (Å²) >= 11 is 0. The van der Waals surface area contributed by atoms with Crippen molar-refractivity contribution in [1.82, 2.24) is 0 Å². The molecule has 2 heterocycles. The van der Waals surface area contributed by atoms with E-state index >= 15 is 0 Å². The maximum Gasteiger partial charge on any atom is 0.331 e. The smallest absolute Gasteiger partial charge is 0.331 e. The van der Waals surface area contributed by atoms with Crippen LogP contribution in [-0.4, -0.2) is 57.8 Å². The van der Waals surface area contributed by atoms with Gasteiger partial charge in [0.15, 0.2) is 0 Å². The molecule has 0 saturated heterocycles. The molecular formula is C34H52O7. The number of carbonyl (C=O) groups is 2. The Morgan fingerprint density at radius 2 is 1.80 bits per heavy atom. The number of hydrogen-bond donors (Lipinski definition) is 3. The fourth-order valence-electron chi connectivity index (χ4n) is 8.72. The van der Waals surface area contributed by atoms with Crippen molar-refractivity contribution in [3.05, 3.63) is 11.6 Å². The Kier molecular flexibility index (Phi) is 9.39. The van der Waals surface area contributed by atoms with Crippen LogP contribution in [0.5, 0.6) is 0 Å². The highest BCUT2D eigenvalue weighted by Gasteiger charge is 2.76. The topological polar surface area (TPSA) is 113 Å². The molecule has 2 bridgehead atoms. The third-order valence-electron chi connectivity index (χ3n) is 10.9. The number of cyclic esters (lactones) is 1. The molecule has 0 spiro atoms. The van der Waals surface area contributed by atoms with Crippen molar-refractivity contribution in [3.8, 4) is 11.8 Å². The molecule has 0 radical (unpaired) electrons. The summed E-state index contributed by atoms with van der Waals surface area (Å²) in [5, 5.41) is 37.8. The molecule has 2 saturated carbocycles. The predicted octanol–water partition coefficient (Wildman–Crippen LogP) is 5.10. The fraction of sp³-hybridized carbons (Fsp3) is 0.824. The molecular weight excluding hydrogens is 520 g/mol. The van der Waals surface area contributed by atoms with Crippen LogP contribution in [0.1, 0.15) is 112 Å². The molecule has 230 valence electrons. The molecule has 4 rings (SSSR count). The molecule has 0 aromatic rings. The standard InChI is InChI=1S/C34H52O7/c1-22(2)10-11-23(3)12-13-26(35)34-27(36)15-17-31(4,5)30(34)25-20-32(6,16-8-7-9-28(37)41-25)33(34,39)18-14-24-19-29(38)40-21-24/h19,22-23,25-27,30,35-36,39H,7,9-15,17-18,20-21H2,1-6H3. The fourth-order valence-corrected chi connectivity index (χ4v) is 8.72. The Morgan fingerprint density at radius 1 is 1.10 bits per heavy atom. The largest absolute Gasteiger partial charge is 0.462 e. The Balaban J connectivity index is 1.85. The van der Waals surface area contributed by atoms with E-state index in [-0.39, 0.29) is 25.4 Å². The maximum atomic E-state index is 13.3. The summed E-state index contributed by atoms with van der Waals surface area (Å²) in [6.07, 6.45) is 4.61. The van der Waals surface area contributed by atoms with E-state index < -0.39 is 52.0 Å². The second-order valence-corrected chi connectivity index (χ2v) is 14.8. The van der Waals surface area contributed by atoms with Crippen LogP contribution in [0.3, 0.4) is 0 Å². The summed E-state index contributed by atoms with van der Waals surface area (Å²) in [6.45, 7) is 12.9. The van der Waals surface area contributed by atoms with Gasteiger partial charge in [0.05, 0.1) is 35.1 Å². The highest BCUT2D eigenvalue weighted by Crippen LogP contribution is 2.69. The molecule has 0 aromatic carbocycles. The summed E-state index contributed by atoms with van der Waals surface area (Å²) in [6, 6.07) is 0. The van der Waals surface area contributed by atoms with Gasteiger partial charge in [0.2, 0.25) is 0 Å². The van der Waals surface area contributed by atoms with Crippen LogP contribution in [0.2, 0.25) is 0 Å². The van der Waals surface area contributed by atoms with E-state index in [1.165, 1.54) is 6.08 Å². The second kappa shape index (κ2) is 12.0. The van der Waals surface area contributed by atoms with Crippen LogP contribution >= 0.6 is 0 Å². The maximum absolute atomic E-state index is 13.3. The van der Waals surface area contributed by atoms with Gasteiger partial charge < -0.3 is 24.8 Å². The zero-order valence-electron chi connectivity index (χ0n) is 26.0. The number of esters is 2. The summed E-state index contributed by atoms with van der Waals surface area (Å²) in [5.74, 6) is 6.26. The minimum atomic E-state index is -1.63. The first kappa shape index (κ1) is 32.0. The number of ether oxygens (including phenoxy) is 2. The molecule has 8 unspecified atom stereocenters. The lowest BCUT2D eigenvalue weighted by atomic mass is 9.37. The Hall–Kier alpha value is -1.88. The molecule has 7 heteroatoms. The predicted molar refractivity (Wildman–Crippen MR) is 156 cm³/mol. The third-order valence-corrected chi connectivity index (χ3v) is 10.9. The average molecular weight is 573 g/mol. The van der Waals surface area contributed by atoms with Gasteiger partial charge in [-0.15, -0.1) is 5.92 Å². The van der Waals surface area contributed by atoms with Crippen LogP contribution in [0, 0.1) is 45.8 Å². The zero-order chi connectivity index (χ0) is 30.2. The van der Waals surface area contributed by atoms with Crippen molar-refractivity contribution in [3.63, 3.8) is 0 Å². The van der Waals surface area contributed by atoms with Gasteiger partial charge in [-0.1, -0.05) is 53.4 Å². The normalized spacial score (nSPS) is 37.8. The Morgan fingerprint density at radius 3 is 2.46 bits per heavy atom. The molecule has 3 N–H and O–H groups in total. The summed E-state index contributed by atoms with van der Waals surface area (Å²) in [7, 11) is 0. The average Bonchev–Trinajstić information content (AvgIpc) is 3.33. The van der Waals surface area contributed by atoms with Crippen molar-refractivity contribution >= 4 is 11.9 Å². The lowest BCUT2D eigenvalue weighted by molar-refractivity contribution is -0.331. The number of fused-ring (bicyclic) bond motifs is 4. The van der Waals surface area contributed by atoms with Gasteiger partial charge in [-0.25, -0.2) is 4.79 Å². The number of hydrogen-bond acceptors (Lipinski definition) is 7. The van der Waals surface area contributed by atoms with Crippen LogP contribution in [-0.2, 0) is 19.1 Å². The van der Waals surface area contributed by atoms with Gasteiger partial charge in [0.25, 0.3) is 0 Å². The van der Waals surface area contributed by atoms with Crippen molar-refractivity contribution < 1.29 is 34.4 Å². The first-order chi connectivity index (χ1) is 19.2. The van der Waals surface area contributed by atoms with Gasteiger partial charge >= 0.3 is 11.9 Å². The molecule has 0 aromatic heterocycles. The van der Waals surface area contributed by atoms with Crippen molar-refractivity contribution in [2.24, 2.45) is 34.0 Å². The number of carbonyl (C=O) groups excluding carboxylic acids is 2. The molecule has 0 amide bonds. The van der Waals surface area contributed by atoms with Gasteiger partial charge in [0, 0.05) is 24.8 Å². The molecule has 4 aliphatic rings. The van der Waals surface area contributed by atoms with Gasteiger partial charge in [-0.2, -0.15) is 0 Å². The number of aliphatic hydroxyl groups is 3. The number of rotatable bonds is 10. The number of aliphatic hydroxyl groups excluding tert-OH is 2. The second-order valence-electron chi connectivity index (χ2n) is 14.8. The summed E-state index contributed by atoms with van der Waals surface area (Å²) in [4.78, 5) is 24.8. The van der Waals surface area contributed by atoms with Crippen LogP contribution in [0.15, 0.2) is 11.6 Å². The van der Waals surface area contributed by atoms with Gasteiger partial charge in [-0.3, -0.25) is 4.79 Å². The van der Waals surface area contributed by atoms with E-state index in [0.717, 1.165) is 24.8 Å². The monoisotopic (exact) mass is 572 g/mol. The summed E-state index contributed by atoms with van der Waals surface area (Å²) < 4.78 is 11.3. The van der Waals surface area contributed by atoms with E-state index in [0.29, 0.717) is 50.4 Å². The molecule has 2 aliphatic heterocycles. The lowest BCUT2D eigenvalue weighted by Crippen LogP contribution is -2.78. The van der Waals surface area contributed by atoms with Crippen molar-refractivity contribution in [2.75, 3.05) is 6.61 Å². The Bertz CT molecular complexity index is 1080. The van der Waals surface area contributed by atoms with Gasteiger partial charge in [0.1, 0.15) is 12.7 Å². The highest BCUT2D eigenvalue weighted by molar-refractivity contribution is 5.85. The first-order valence-corrected chi connectivity index (χ1v) is 15.8. The highest BCUT2D eigenvalue weighted by atomic mass is 16.5. The van der Waals surface area contributed by atoms with Crippen LogP contribution < -0.4 is 0 Å². The Labute approximate surface area is 246 Å². The minimum absolute atomic E-state index is 0.170. The molecule has 7 nitrogen and oxygen atoms in total. The lowest BCUT2D eigenvalue weighted by Gasteiger charge is -2.70. The SMILES string of the molecule is CC(C)CCC(C)CCC(O)C12C(O)CCC(C)(C)C1C1CC(C)(C#CCCC(=O)O1)C2(O)CCC1=CC(=O)OC1. The molecule has 2 fully saturated rings. The van der Waals surface area contributed by atoms with E-state index in [9.17, 15) is 24.9 Å². The molecule has 2 aliphatic carbocycles. The molecule has 8 atom stereocenters. The van der Waals surface area contributed by atoms with E-state index in [4.69, 9.17) is 9.47 Å². The van der Waals surface area contributed by atoms with Crippen molar-refractivity contribution in [2.45, 2.75) is 136 Å². The van der Waals surface area contributed by atoms with Crippen LogP contribution in [0.4, 0.5) is 0 Å². The minimum Gasteiger partial charge on any atom is -0.462 e. The van der Waals surface area contributed by atoms with Gasteiger partial charge in [-0.05, 0) is 68.3 Å². The van der Waals surface area contributed by atoms with Crippen LogP contribution in [0.25, 0.3) is 0 Å². The zero-order valence-corrected chi connectivity index (χ0v) is 26.0. The quantitative estimate of drug-likeness (QED) is 0.247. The third kappa shape index (κ3) is 5.86. The van der Waals surface area contributed by atoms with Crippen molar-refractivity contribution in [1.29, 1.82) is 0 Å².